The van der Waals surface area contributed by atoms with E-state index in [1.54, 1.807) is 0 Å². The standard InChI is InChI=1S/C15H20FN3O3/c1-10-7-12(16)8-13(14(10)19(21)22)15(20)18-6-4-11-3-2-5-17-9-11/h7-8,11,17H,2-6,9H2,1H3,(H,18,20). The Hall–Kier alpha value is -2.02. The highest BCUT2D eigenvalue weighted by molar-refractivity contribution is 5.98. The Kier molecular flexibility index (Phi) is 5.43. The molecule has 1 atom stereocenters. The number of piperidine rings is 1. The van der Waals surface area contributed by atoms with E-state index < -0.39 is 16.6 Å². The van der Waals surface area contributed by atoms with Crippen molar-refractivity contribution in [2.24, 2.45) is 5.92 Å². The number of carbonyl (C=O) groups excluding carboxylic acids is 1. The van der Waals surface area contributed by atoms with Crippen LogP contribution in [0.3, 0.4) is 0 Å². The predicted molar refractivity (Wildman–Crippen MR) is 80.3 cm³/mol. The molecule has 6 nitrogen and oxygen atoms in total. The van der Waals surface area contributed by atoms with Crippen LogP contribution in [0, 0.1) is 28.8 Å². The summed E-state index contributed by atoms with van der Waals surface area (Å²) in [6, 6.07) is 1.98. The number of aryl methyl sites for hydroxylation is 1. The van der Waals surface area contributed by atoms with Crippen LogP contribution in [0.25, 0.3) is 0 Å². The number of amides is 1. The summed E-state index contributed by atoms with van der Waals surface area (Å²) in [6.45, 7) is 3.80. The van der Waals surface area contributed by atoms with Crippen molar-refractivity contribution in [1.29, 1.82) is 0 Å². The number of hydrogen-bond acceptors (Lipinski definition) is 4. The van der Waals surface area contributed by atoms with Crippen LogP contribution in [-0.4, -0.2) is 30.5 Å². The highest BCUT2D eigenvalue weighted by Crippen LogP contribution is 2.24. The van der Waals surface area contributed by atoms with Crippen molar-refractivity contribution >= 4 is 11.6 Å². The topological polar surface area (TPSA) is 84.3 Å². The zero-order valence-corrected chi connectivity index (χ0v) is 12.5. The minimum atomic E-state index is -0.648. The van der Waals surface area contributed by atoms with Crippen molar-refractivity contribution < 1.29 is 14.1 Å². The normalized spacial score (nSPS) is 18.0. The average Bonchev–Trinajstić information content (AvgIpc) is 2.46. The van der Waals surface area contributed by atoms with Gasteiger partial charge in [0.1, 0.15) is 11.4 Å². The van der Waals surface area contributed by atoms with E-state index in [1.807, 2.05) is 0 Å². The summed E-state index contributed by atoms with van der Waals surface area (Å²) in [4.78, 5) is 22.5. The molecule has 0 saturated carbocycles. The van der Waals surface area contributed by atoms with Gasteiger partial charge in [-0.2, -0.15) is 0 Å². The summed E-state index contributed by atoms with van der Waals surface area (Å²) < 4.78 is 13.4. The Labute approximate surface area is 128 Å². The summed E-state index contributed by atoms with van der Waals surface area (Å²) in [7, 11) is 0. The molecule has 2 rings (SSSR count). The minimum absolute atomic E-state index is 0.145. The minimum Gasteiger partial charge on any atom is -0.352 e. The lowest BCUT2D eigenvalue weighted by Crippen LogP contribution is -2.33. The molecule has 1 aliphatic heterocycles. The molecule has 0 aliphatic carbocycles. The fourth-order valence-electron chi connectivity index (χ4n) is 2.81. The van der Waals surface area contributed by atoms with Gasteiger partial charge in [0.05, 0.1) is 4.92 Å². The molecule has 0 bridgehead atoms. The van der Waals surface area contributed by atoms with Crippen LogP contribution in [0.1, 0.15) is 35.2 Å². The second-order valence-corrected chi connectivity index (χ2v) is 5.63. The van der Waals surface area contributed by atoms with Crippen LogP contribution in [0.4, 0.5) is 10.1 Å². The van der Waals surface area contributed by atoms with E-state index in [-0.39, 0.29) is 16.8 Å². The lowest BCUT2D eigenvalue weighted by Gasteiger charge is -2.22. The number of nitrogens with zero attached hydrogens (tertiary/aromatic N) is 1. The molecule has 0 aromatic heterocycles. The molecule has 2 N–H and O–H groups in total. The van der Waals surface area contributed by atoms with Crippen molar-refractivity contribution in [3.63, 3.8) is 0 Å². The third-order valence-corrected chi connectivity index (χ3v) is 3.93. The lowest BCUT2D eigenvalue weighted by atomic mass is 9.96. The van der Waals surface area contributed by atoms with Crippen LogP contribution in [0.5, 0.6) is 0 Å². The quantitative estimate of drug-likeness (QED) is 0.645. The first kappa shape index (κ1) is 16.4. The van der Waals surface area contributed by atoms with E-state index in [0.29, 0.717) is 12.5 Å². The van der Waals surface area contributed by atoms with Gasteiger partial charge in [0, 0.05) is 12.1 Å². The number of nitro groups is 1. The second kappa shape index (κ2) is 7.31. The van der Waals surface area contributed by atoms with Crippen molar-refractivity contribution in [3.05, 3.63) is 39.2 Å². The van der Waals surface area contributed by atoms with Gasteiger partial charge >= 0.3 is 0 Å². The summed E-state index contributed by atoms with van der Waals surface area (Å²) in [5.74, 6) is -0.749. The second-order valence-electron chi connectivity index (χ2n) is 5.63. The first-order valence-electron chi connectivity index (χ1n) is 7.42. The Morgan fingerprint density at radius 1 is 1.55 bits per heavy atom. The molecular formula is C15H20FN3O3. The van der Waals surface area contributed by atoms with Crippen LogP contribution >= 0.6 is 0 Å². The van der Waals surface area contributed by atoms with E-state index in [9.17, 15) is 19.3 Å². The predicted octanol–water partition coefficient (Wildman–Crippen LogP) is 2.16. The van der Waals surface area contributed by atoms with Crippen LogP contribution in [0.15, 0.2) is 12.1 Å². The smallest absolute Gasteiger partial charge is 0.285 e. The Morgan fingerprint density at radius 2 is 2.32 bits per heavy atom. The molecule has 22 heavy (non-hydrogen) atoms. The molecule has 7 heteroatoms. The molecule has 0 radical (unpaired) electrons. The molecule has 1 aromatic carbocycles. The van der Waals surface area contributed by atoms with Gasteiger partial charge in [0.2, 0.25) is 0 Å². The summed E-state index contributed by atoms with van der Waals surface area (Å²) in [5.41, 5.74) is -0.408. The third-order valence-electron chi connectivity index (χ3n) is 3.93. The first-order chi connectivity index (χ1) is 10.5. The van der Waals surface area contributed by atoms with Crippen molar-refractivity contribution in [2.45, 2.75) is 26.2 Å². The summed E-state index contributed by atoms with van der Waals surface area (Å²) >= 11 is 0. The van der Waals surface area contributed by atoms with Crippen LogP contribution < -0.4 is 10.6 Å². The maximum Gasteiger partial charge on any atom is 0.285 e. The SMILES string of the molecule is Cc1cc(F)cc(C(=O)NCCC2CCCNC2)c1[N+](=O)[O-]. The zero-order chi connectivity index (χ0) is 16.1. The van der Waals surface area contributed by atoms with Crippen LogP contribution in [-0.2, 0) is 0 Å². The molecular weight excluding hydrogens is 289 g/mol. The van der Waals surface area contributed by atoms with E-state index in [1.165, 1.54) is 6.92 Å². The third kappa shape index (κ3) is 4.00. The number of benzene rings is 1. The van der Waals surface area contributed by atoms with Gasteiger partial charge in [-0.15, -0.1) is 0 Å². The fraction of sp³-hybridized carbons (Fsp3) is 0.533. The molecule has 1 aliphatic rings. The highest BCUT2D eigenvalue weighted by Gasteiger charge is 2.24. The number of carbonyl (C=O) groups is 1. The molecule has 120 valence electrons. The molecule has 1 aromatic rings. The van der Waals surface area contributed by atoms with Gasteiger partial charge in [-0.05, 0) is 57.3 Å². The molecule has 1 fully saturated rings. The van der Waals surface area contributed by atoms with Crippen molar-refractivity contribution in [1.82, 2.24) is 10.6 Å². The van der Waals surface area contributed by atoms with Gasteiger partial charge in [-0.3, -0.25) is 14.9 Å². The largest absolute Gasteiger partial charge is 0.352 e. The van der Waals surface area contributed by atoms with E-state index >= 15 is 0 Å². The maximum absolute atomic E-state index is 13.4. The average molecular weight is 309 g/mol. The Bertz CT molecular complexity index is 571. The number of rotatable bonds is 5. The first-order valence-corrected chi connectivity index (χ1v) is 7.42. The van der Waals surface area contributed by atoms with Gasteiger partial charge in [-0.1, -0.05) is 0 Å². The Morgan fingerprint density at radius 3 is 2.95 bits per heavy atom. The van der Waals surface area contributed by atoms with Crippen LogP contribution in [0.2, 0.25) is 0 Å². The zero-order valence-electron chi connectivity index (χ0n) is 12.5. The molecule has 1 heterocycles. The summed E-state index contributed by atoms with van der Waals surface area (Å²) in [6.07, 6.45) is 3.04. The van der Waals surface area contributed by atoms with E-state index in [0.717, 1.165) is 44.5 Å². The maximum atomic E-state index is 13.4. The number of hydrogen-bond donors (Lipinski definition) is 2. The van der Waals surface area contributed by atoms with Gasteiger partial charge < -0.3 is 10.6 Å². The molecule has 1 unspecified atom stereocenters. The molecule has 1 saturated heterocycles. The number of halogens is 1. The Balaban J connectivity index is 2.01. The number of nitro benzene ring substituents is 1. The van der Waals surface area contributed by atoms with Crippen molar-refractivity contribution in [2.75, 3.05) is 19.6 Å². The van der Waals surface area contributed by atoms with Gasteiger partial charge in [0.25, 0.3) is 11.6 Å². The van der Waals surface area contributed by atoms with Gasteiger partial charge in [0.15, 0.2) is 0 Å². The van der Waals surface area contributed by atoms with E-state index in [4.69, 9.17) is 0 Å². The molecule has 0 spiro atoms. The van der Waals surface area contributed by atoms with E-state index in [2.05, 4.69) is 10.6 Å². The highest BCUT2D eigenvalue weighted by atomic mass is 19.1. The van der Waals surface area contributed by atoms with Gasteiger partial charge in [-0.25, -0.2) is 4.39 Å². The number of nitrogens with one attached hydrogen (secondary N) is 2. The fourth-order valence-corrected chi connectivity index (χ4v) is 2.81. The van der Waals surface area contributed by atoms with Crippen molar-refractivity contribution in [3.8, 4) is 0 Å². The lowest BCUT2D eigenvalue weighted by molar-refractivity contribution is -0.385. The molecule has 1 amide bonds. The summed E-state index contributed by atoms with van der Waals surface area (Å²) in [5, 5.41) is 17.0. The monoisotopic (exact) mass is 309 g/mol.